The molecule has 0 fully saturated rings. The van der Waals surface area contributed by atoms with Gasteiger partial charge >= 0.3 is 0 Å². The average molecular weight is 271 g/mol. The summed E-state index contributed by atoms with van der Waals surface area (Å²) >= 11 is 3.42. The fraction of sp³-hybridized carbons (Fsp3) is 0.417. The van der Waals surface area contributed by atoms with Crippen LogP contribution in [0.4, 0.5) is 0 Å². The van der Waals surface area contributed by atoms with E-state index in [1.165, 1.54) is 0 Å². The number of hydrogen-bond donors (Lipinski definition) is 0. The van der Waals surface area contributed by atoms with E-state index < -0.39 is 0 Å². The van der Waals surface area contributed by atoms with Gasteiger partial charge in [0, 0.05) is 0 Å². The highest BCUT2D eigenvalue weighted by Gasteiger charge is 2.11. The van der Waals surface area contributed by atoms with Gasteiger partial charge in [0.05, 0.1) is 16.1 Å². The third-order valence-corrected chi connectivity index (χ3v) is 2.61. The van der Waals surface area contributed by atoms with Crippen molar-refractivity contribution in [3.8, 4) is 5.75 Å². The summed E-state index contributed by atoms with van der Waals surface area (Å²) in [4.78, 5) is 10.9. The highest BCUT2D eigenvalue weighted by molar-refractivity contribution is 9.10. The lowest BCUT2D eigenvalue weighted by Gasteiger charge is -2.14. The predicted molar refractivity (Wildman–Crippen MR) is 64.7 cm³/mol. The Morgan fingerprint density at radius 2 is 2.13 bits per heavy atom. The molecule has 0 aliphatic heterocycles. The molecule has 0 heterocycles. The smallest absolute Gasteiger partial charge is 0.153 e. The van der Waals surface area contributed by atoms with Gasteiger partial charge in [-0.2, -0.15) is 0 Å². The lowest BCUT2D eigenvalue weighted by molar-refractivity contribution is 0.111. The van der Waals surface area contributed by atoms with Crippen LogP contribution in [0.3, 0.4) is 0 Å². The minimum atomic E-state index is 0.0625. The minimum absolute atomic E-state index is 0.0625. The maximum absolute atomic E-state index is 10.9. The van der Waals surface area contributed by atoms with Crippen molar-refractivity contribution in [2.24, 2.45) is 0 Å². The standard InChI is InChI=1S/C12H15BrO2/c1-4-9-5-10(7-14)12(11(13)6-9)15-8(2)3/h5-8H,4H2,1-3H3. The highest BCUT2D eigenvalue weighted by Crippen LogP contribution is 2.30. The van der Waals surface area contributed by atoms with Crippen molar-refractivity contribution in [2.75, 3.05) is 0 Å². The molecule has 0 spiro atoms. The first kappa shape index (κ1) is 12.2. The number of rotatable bonds is 4. The first-order chi connectivity index (χ1) is 7.08. The fourth-order valence-corrected chi connectivity index (χ4v) is 1.94. The van der Waals surface area contributed by atoms with Gasteiger partial charge in [-0.1, -0.05) is 6.92 Å². The molecule has 2 nitrogen and oxygen atoms in total. The summed E-state index contributed by atoms with van der Waals surface area (Å²) in [5.74, 6) is 0.636. The Kier molecular flexibility index (Phi) is 4.33. The molecule has 0 atom stereocenters. The quantitative estimate of drug-likeness (QED) is 0.782. The topological polar surface area (TPSA) is 26.3 Å². The fourth-order valence-electron chi connectivity index (χ4n) is 1.32. The van der Waals surface area contributed by atoms with E-state index >= 15 is 0 Å². The van der Waals surface area contributed by atoms with Crippen LogP contribution in [0.1, 0.15) is 36.7 Å². The monoisotopic (exact) mass is 270 g/mol. The van der Waals surface area contributed by atoms with E-state index in [2.05, 4.69) is 22.9 Å². The van der Waals surface area contributed by atoms with Crippen LogP contribution in [0.2, 0.25) is 0 Å². The number of benzene rings is 1. The van der Waals surface area contributed by atoms with Crippen LogP contribution in [0.25, 0.3) is 0 Å². The second kappa shape index (κ2) is 5.31. The van der Waals surface area contributed by atoms with Crippen molar-refractivity contribution < 1.29 is 9.53 Å². The van der Waals surface area contributed by atoms with Gasteiger partial charge in [0.2, 0.25) is 0 Å². The van der Waals surface area contributed by atoms with Gasteiger partial charge in [-0.25, -0.2) is 0 Å². The van der Waals surface area contributed by atoms with Gasteiger partial charge in [-0.15, -0.1) is 0 Å². The van der Waals surface area contributed by atoms with Gasteiger partial charge < -0.3 is 4.74 Å². The second-order valence-electron chi connectivity index (χ2n) is 3.63. The molecule has 1 aromatic rings. The number of carbonyl (C=O) groups excluding carboxylic acids is 1. The van der Waals surface area contributed by atoms with Crippen LogP contribution in [0.15, 0.2) is 16.6 Å². The Morgan fingerprint density at radius 3 is 2.60 bits per heavy atom. The van der Waals surface area contributed by atoms with E-state index in [1.54, 1.807) is 0 Å². The molecule has 82 valence electrons. The number of aryl methyl sites for hydroxylation is 1. The maximum Gasteiger partial charge on any atom is 0.153 e. The molecule has 0 bridgehead atoms. The number of ether oxygens (including phenoxy) is 1. The van der Waals surface area contributed by atoms with Crippen LogP contribution in [-0.2, 0) is 6.42 Å². The normalized spacial score (nSPS) is 10.5. The van der Waals surface area contributed by atoms with Crippen LogP contribution >= 0.6 is 15.9 Å². The molecule has 3 heteroatoms. The zero-order valence-corrected chi connectivity index (χ0v) is 10.8. The third kappa shape index (κ3) is 3.06. The Labute approximate surface area is 98.8 Å². The molecular formula is C12H15BrO2. The summed E-state index contributed by atoms with van der Waals surface area (Å²) in [5.41, 5.74) is 1.73. The number of halogens is 1. The third-order valence-electron chi connectivity index (χ3n) is 2.02. The molecule has 0 aromatic heterocycles. The Morgan fingerprint density at radius 1 is 1.47 bits per heavy atom. The molecule has 0 aliphatic rings. The van der Waals surface area contributed by atoms with Gasteiger partial charge in [-0.3, -0.25) is 4.79 Å². The molecule has 1 rings (SSSR count). The summed E-state index contributed by atoms with van der Waals surface area (Å²) in [6.45, 7) is 5.93. The second-order valence-corrected chi connectivity index (χ2v) is 4.49. The summed E-state index contributed by atoms with van der Waals surface area (Å²) in [6, 6.07) is 3.86. The largest absolute Gasteiger partial charge is 0.489 e. The number of carbonyl (C=O) groups is 1. The van der Waals surface area contributed by atoms with Crippen molar-refractivity contribution in [3.63, 3.8) is 0 Å². The summed E-state index contributed by atoms with van der Waals surface area (Å²) < 4.78 is 6.43. The van der Waals surface area contributed by atoms with Crippen molar-refractivity contribution in [3.05, 3.63) is 27.7 Å². The molecule has 0 unspecified atom stereocenters. The van der Waals surface area contributed by atoms with Crippen LogP contribution in [0, 0.1) is 0 Å². The Bertz CT molecular complexity index is 359. The zero-order valence-electron chi connectivity index (χ0n) is 9.21. The van der Waals surface area contributed by atoms with Crippen LogP contribution < -0.4 is 4.74 Å². The first-order valence-electron chi connectivity index (χ1n) is 5.02. The highest BCUT2D eigenvalue weighted by atomic mass is 79.9. The SMILES string of the molecule is CCc1cc(Br)c(OC(C)C)c(C=O)c1. The van der Waals surface area contributed by atoms with Gasteiger partial charge in [0.25, 0.3) is 0 Å². The van der Waals surface area contributed by atoms with E-state index in [1.807, 2.05) is 26.0 Å². The Balaban J connectivity index is 3.18. The van der Waals surface area contributed by atoms with E-state index in [-0.39, 0.29) is 6.10 Å². The van der Waals surface area contributed by atoms with Gasteiger partial charge in [0.15, 0.2) is 6.29 Å². The number of hydrogen-bond acceptors (Lipinski definition) is 2. The average Bonchev–Trinajstić information content (AvgIpc) is 2.20. The summed E-state index contributed by atoms with van der Waals surface area (Å²) in [7, 11) is 0. The predicted octanol–water partition coefficient (Wildman–Crippen LogP) is 3.61. The molecule has 0 N–H and O–H groups in total. The van der Waals surface area contributed by atoms with E-state index in [9.17, 15) is 4.79 Å². The molecule has 0 amide bonds. The molecule has 15 heavy (non-hydrogen) atoms. The van der Waals surface area contributed by atoms with Crippen molar-refractivity contribution >= 4 is 22.2 Å². The first-order valence-corrected chi connectivity index (χ1v) is 5.82. The summed E-state index contributed by atoms with van der Waals surface area (Å²) in [6.07, 6.45) is 1.80. The summed E-state index contributed by atoms with van der Waals surface area (Å²) in [5, 5.41) is 0. The zero-order chi connectivity index (χ0) is 11.4. The lowest BCUT2D eigenvalue weighted by atomic mass is 10.1. The van der Waals surface area contributed by atoms with E-state index in [0.717, 1.165) is 22.7 Å². The molecule has 0 saturated heterocycles. The van der Waals surface area contributed by atoms with Crippen LogP contribution in [0.5, 0.6) is 5.75 Å². The van der Waals surface area contributed by atoms with E-state index in [4.69, 9.17) is 4.74 Å². The Hall–Kier alpha value is -0.830. The minimum Gasteiger partial charge on any atom is -0.489 e. The molecule has 1 aromatic carbocycles. The maximum atomic E-state index is 10.9. The number of aldehydes is 1. The molecule has 0 aliphatic carbocycles. The van der Waals surface area contributed by atoms with E-state index in [0.29, 0.717) is 11.3 Å². The van der Waals surface area contributed by atoms with Crippen molar-refractivity contribution in [1.29, 1.82) is 0 Å². The molecule has 0 saturated carbocycles. The van der Waals surface area contributed by atoms with Gasteiger partial charge in [-0.05, 0) is 53.9 Å². The van der Waals surface area contributed by atoms with Gasteiger partial charge in [0.1, 0.15) is 5.75 Å². The van der Waals surface area contributed by atoms with Crippen molar-refractivity contribution in [2.45, 2.75) is 33.3 Å². The van der Waals surface area contributed by atoms with Crippen LogP contribution in [-0.4, -0.2) is 12.4 Å². The molecule has 0 radical (unpaired) electrons. The lowest BCUT2D eigenvalue weighted by Crippen LogP contribution is -2.08. The molecular weight excluding hydrogens is 256 g/mol. The van der Waals surface area contributed by atoms with Crippen molar-refractivity contribution in [1.82, 2.24) is 0 Å².